The minimum absolute atomic E-state index is 0.00785. The third-order valence-corrected chi connectivity index (χ3v) is 3.03. The molecule has 2 heterocycles. The second-order valence-electron chi connectivity index (χ2n) is 4.47. The van der Waals surface area contributed by atoms with Crippen molar-refractivity contribution in [1.29, 1.82) is 0 Å². The number of hydrogen-bond donors (Lipinski definition) is 0. The average molecular weight is 314 g/mol. The lowest BCUT2D eigenvalue weighted by atomic mass is 10.1. The van der Waals surface area contributed by atoms with E-state index >= 15 is 0 Å². The van der Waals surface area contributed by atoms with Gasteiger partial charge in [0.05, 0.1) is 13.2 Å². The molecule has 0 atom stereocenters. The number of nitro groups is 1. The summed E-state index contributed by atoms with van der Waals surface area (Å²) in [5, 5.41) is 10.6. The highest BCUT2D eigenvalue weighted by atomic mass is 16.7. The summed E-state index contributed by atoms with van der Waals surface area (Å²) in [5.74, 6) is -0.673. The normalized spacial score (nSPS) is 15.4. The third-order valence-electron chi connectivity index (χ3n) is 3.03. The molecular weight excluding hydrogens is 304 g/mol. The minimum atomic E-state index is -0.688. The number of carbonyl (C=O) groups excluding carboxylic acids is 1. The maximum Gasteiger partial charge on any atom is 0.433 e. The van der Waals surface area contributed by atoms with Crippen LogP contribution in [0.3, 0.4) is 0 Å². The fourth-order valence-electron chi connectivity index (χ4n) is 1.99. The van der Waals surface area contributed by atoms with Gasteiger partial charge in [-0.05, 0) is 18.2 Å². The van der Waals surface area contributed by atoms with Gasteiger partial charge in [-0.25, -0.2) is 9.79 Å². The number of para-hydroxylation sites is 1. The highest BCUT2D eigenvalue weighted by molar-refractivity contribution is 6.12. The second-order valence-corrected chi connectivity index (χ2v) is 4.47. The van der Waals surface area contributed by atoms with Crippen molar-refractivity contribution in [1.82, 2.24) is 0 Å². The molecule has 0 amide bonds. The fourth-order valence-corrected chi connectivity index (χ4v) is 1.99. The molecule has 0 N–H and O–H groups in total. The lowest BCUT2D eigenvalue weighted by Gasteiger charge is -2.03. The number of benzene rings is 1. The van der Waals surface area contributed by atoms with E-state index in [4.69, 9.17) is 13.9 Å². The van der Waals surface area contributed by atoms with Crippen LogP contribution in [0.25, 0.3) is 6.08 Å². The van der Waals surface area contributed by atoms with E-state index in [2.05, 4.69) is 4.99 Å². The van der Waals surface area contributed by atoms with Crippen LogP contribution in [0.1, 0.15) is 11.3 Å². The van der Waals surface area contributed by atoms with Crippen LogP contribution in [-0.4, -0.2) is 23.9 Å². The fraction of sp³-hybridized carbons (Fsp3) is 0.0667. The van der Waals surface area contributed by atoms with Crippen molar-refractivity contribution in [2.24, 2.45) is 4.99 Å². The first-order valence-electron chi connectivity index (χ1n) is 6.48. The quantitative estimate of drug-likeness (QED) is 0.372. The molecule has 0 spiro atoms. The molecule has 3 rings (SSSR count). The van der Waals surface area contributed by atoms with Crippen LogP contribution < -0.4 is 4.74 Å². The summed E-state index contributed by atoms with van der Waals surface area (Å²) >= 11 is 0. The van der Waals surface area contributed by atoms with Gasteiger partial charge in [-0.15, -0.1) is 0 Å². The topological polar surface area (TPSA) is 104 Å². The average Bonchev–Trinajstić information content (AvgIpc) is 3.15. The molecule has 0 aliphatic carbocycles. The summed E-state index contributed by atoms with van der Waals surface area (Å²) in [6.45, 7) is 0. The van der Waals surface area contributed by atoms with Crippen molar-refractivity contribution in [2.45, 2.75) is 0 Å². The van der Waals surface area contributed by atoms with Gasteiger partial charge in [0, 0.05) is 5.56 Å². The molecule has 1 aliphatic heterocycles. The third kappa shape index (κ3) is 2.82. The Labute approximate surface area is 129 Å². The summed E-state index contributed by atoms with van der Waals surface area (Å²) < 4.78 is 15.1. The Hall–Kier alpha value is -3.42. The second kappa shape index (κ2) is 5.76. The van der Waals surface area contributed by atoms with Gasteiger partial charge in [0.1, 0.15) is 10.7 Å². The molecule has 8 heteroatoms. The van der Waals surface area contributed by atoms with E-state index in [0.717, 1.165) is 6.07 Å². The summed E-state index contributed by atoms with van der Waals surface area (Å²) in [6.07, 6.45) is 1.51. The molecule has 1 aliphatic rings. The Kier molecular flexibility index (Phi) is 3.63. The van der Waals surface area contributed by atoms with Crippen LogP contribution in [0.5, 0.6) is 5.75 Å². The van der Waals surface area contributed by atoms with Crippen molar-refractivity contribution in [3.63, 3.8) is 0 Å². The summed E-state index contributed by atoms with van der Waals surface area (Å²) in [5.41, 5.74) is 0.695. The SMILES string of the molecule is COc1ccccc1/C=C1\N=C(c2ccc([N+](=O)[O-])o2)OC1=O. The number of hydrogen-bond acceptors (Lipinski definition) is 7. The van der Waals surface area contributed by atoms with Crippen molar-refractivity contribution >= 4 is 23.8 Å². The van der Waals surface area contributed by atoms with E-state index in [1.54, 1.807) is 24.3 Å². The monoisotopic (exact) mass is 314 g/mol. The molecule has 0 radical (unpaired) electrons. The molecule has 23 heavy (non-hydrogen) atoms. The Morgan fingerprint density at radius 1 is 1.26 bits per heavy atom. The Morgan fingerprint density at radius 2 is 2.04 bits per heavy atom. The van der Waals surface area contributed by atoms with E-state index in [1.165, 1.54) is 19.3 Å². The van der Waals surface area contributed by atoms with Crippen LogP contribution >= 0.6 is 0 Å². The summed E-state index contributed by atoms with van der Waals surface area (Å²) in [7, 11) is 1.51. The van der Waals surface area contributed by atoms with E-state index < -0.39 is 16.8 Å². The van der Waals surface area contributed by atoms with Crippen molar-refractivity contribution in [3.05, 3.63) is 63.5 Å². The highest BCUT2D eigenvalue weighted by Crippen LogP contribution is 2.25. The first kappa shape index (κ1) is 14.5. The Morgan fingerprint density at radius 3 is 2.74 bits per heavy atom. The molecule has 0 fully saturated rings. The summed E-state index contributed by atoms with van der Waals surface area (Å²) in [4.78, 5) is 25.8. The minimum Gasteiger partial charge on any atom is -0.496 e. The standard InChI is InChI=1S/C15H10N2O6/c1-21-11-5-3-2-4-9(11)8-10-15(18)23-14(16-10)12-6-7-13(22-12)17(19)20/h2-8H,1H3/b10-8-. The van der Waals surface area contributed by atoms with Gasteiger partial charge in [-0.1, -0.05) is 18.2 Å². The van der Waals surface area contributed by atoms with E-state index in [9.17, 15) is 14.9 Å². The molecule has 8 nitrogen and oxygen atoms in total. The maximum absolute atomic E-state index is 11.9. The molecule has 0 unspecified atom stereocenters. The van der Waals surface area contributed by atoms with Crippen LogP contribution in [0, 0.1) is 10.1 Å². The van der Waals surface area contributed by atoms with Crippen molar-refractivity contribution in [2.75, 3.05) is 7.11 Å². The number of aliphatic imine (C=N–C) groups is 1. The van der Waals surface area contributed by atoms with Crippen LogP contribution in [0.2, 0.25) is 0 Å². The van der Waals surface area contributed by atoms with Gasteiger partial charge in [-0.2, -0.15) is 0 Å². The molecule has 116 valence electrons. The number of cyclic esters (lactones) is 1. The smallest absolute Gasteiger partial charge is 0.433 e. The number of carbonyl (C=O) groups is 1. The predicted octanol–water partition coefficient (Wildman–Crippen LogP) is 2.54. The van der Waals surface area contributed by atoms with Gasteiger partial charge in [0.15, 0.2) is 11.5 Å². The van der Waals surface area contributed by atoms with Gasteiger partial charge >= 0.3 is 11.9 Å². The first-order valence-corrected chi connectivity index (χ1v) is 6.48. The number of furan rings is 1. The predicted molar refractivity (Wildman–Crippen MR) is 79.0 cm³/mol. The summed E-state index contributed by atoms with van der Waals surface area (Å²) in [6, 6.07) is 9.56. The van der Waals surface area contributed by atoms with Gasteiger partial charge in [0.2, 0.25) is 0 Å². The number of nitrogens with zero attached hydrogens (tertiary/aromatic N) is 2. The van der Waals surface area contributed by atoms with Crippen molar-refractivity contribution < 1.29 is 23.6 Å². The van der Waals surface area contributed by atoms with E-state index in [1.807, 2.05) is 0 Å². The maximum atomic E-state index is 11.9. The number of ether oxygens (including phenoxy) is 2. The number of esters is 1. The molecule has 0 bridgehead atoms. The van der Waals surface area contributed by atoms with E-state index in [-0.39, 0.29) is 17.4 Å². The number of rotatable bonds is 4. The Bertz CT molecular complexity index is 849. The zero-order valence-electron chi connectivity index (χ0n) is 11.9. The number of methoxy groups -OCH3 is 1. The van der Waals surface area contributed by atoms with Gasteiger partial charge < -0.3 is 13.9 Å². The lowest BCUT2D eigenvalue weighted by Crippen LogP contribution is -2.04. The van der Waals surface area contributed by atoms with Gasteiger partial charge in [0.25, 0.3) is 5.90 Å². The van der Waals surface area contributed by atoms with Crippen LogP contribution in [-0.2, 0) is 9.53 Å². The van der Waals surface area contributed by atoms with Crippen molar-refractivity contribution in [3.8, 4) is 5.75 Å². The zero-order chi connectivity index (χ0) is 16.4. The molecule has 0 saturated carbocycles. The molecular formula is C15H10N2O6. The van der Waals surface area contributed by atoms with E-state index in [0.29, 0.717) is 11.3 Å². The van der Waals surface area contributed by atoms with Crippen LogP contribution in [0.15, 0.2) is 51.5 Å². The first-order chi connectivity index (χ1) is 11.1. The van der Waals surface area contributed by atoms with Crippen LogP contribution in [0.4, 0.5) is 5.88 Å². The molecule has 1 aromatic carbocycles. The zero-order valence-corrected chi connectivity index (χ0v) is 11.9. The molecule has 0 saturated heterocycles. The highest BCUT2D eigenvalue weighted by Gasteiger charge is 2.28. The van der Waals surface area contributed by atoms with Gasteiger partial charge in [-0.3, -0.25) is 10.1 Å². The molecule has 2 aromatic rings. The molecule has 1 aromatic heterocycles. The Balaban J connectivity index is 1.94. The lowest BCUT2D eigenvalue weighted by molar-refractivity contribution is -0.402. The largest absolute Gasteiger partial charge is 0.496 e.